The largest absolute Gasteiger partial charge is 0.381 e. The minimum absolute atomic E-state index is 0.154. The van der Waals surface area contributed by atoms with Gasteiger partial charge < -0.3 is 10.1 Å². The third kappa shape index (κ3) is 3.09. The van der Waals surface area contributed by atoms with Gasteiger partial charge in [0.05, 0.1) is 6.61 Å². The van der Waals surface area contributed by atoms with Crippen molar-refractivity contribution in [3.8, 4) is 0 Å². The molecule has 3 heteroatoms. The normalized spacial score (nSPS) is 24.2. The second kappa shape index (κ2) is 5.81. The zero-order valence-corrected chi connectivity index (χ0v) is 11.3. The fraction of sp³-hybridized carbons (Fsp3) is 0.600. The summed E-state index contributed by atoms with van der Waals surface area (Å²) < 4.78 is 18.8. The molecule has 1 aromatic rings. The monoisotopic (exact) mass is 251 g/mol. The van der Waals surface area contributed by atoms with Crippen molar-refractivity contribution in [1.29, 1.82) is 0 Å². The zero-order valence-electron chi connectivity index (χ0n) is 11.3. The first-order valence-electron chi connectivity index (χ1n) is 6.63. The third-order valence-electron chi connectivity index (χ3n) is 3.83. The highest BCUT2D eigenvalue weighted by Crippen LogP contribution is 2.33. The highest BCUT2D eigenvalue weighted by atomic mass is 19.1. The van der Waals surface area contributed by atoms with Crippen LogP contribution in [0.3, 0.4) is 0 Å². The van der Waals surface area contributed by atoms with E-state index in [2.05, 4.69) is 5.32 Å². The Morgan fingerprint density at radius 2 is 2.28 bits per heavy atom. The molecule has 1 saturated heterocycles. The van der Waals surface area contributed by atoms with Gasteiger partial charge in [-0.25, -0.2) is 4.39 Å². The van der Waals surface area contributed by atoms with Gasteiger partial charge in [-0.05, 0) is 56.5 Å². The molecule has 18 heavy (non-hydrogen) atoms. The van der Waals surface area contributed by atoms with Gasteiger partial charge in [0, 0.05) is 18.6 Å². The smallest absolute Gasteiger partial charge is 0.123 e. The van der Waals surface area contributed by atoms with E-state index < -0.39 is 0 Å². The van der Waals surface area contributed by atoms with Gasteiger partial charge in [0.15, 0.2) is 0 Å². The molecule has 1 aromatic carbocycles. The van der Waals surface area contributed by atoms with Crippen LogP contribution in [0.25, 0.3) is 0 Å². The lowest BCUT2D eigenvalue weighted by atomic mass is 9.76. The molecular weight excluding hydrogens is 229 g/mol. The van der Waals surface area contributed by atoms with E-state index in [9.17, 15) is 4.39 Å². The molecule has 0 amide bonds. The van der Waals surface area contributed by atoms with Gasteiger partial charge in [-0.15, -0.1) is 0 Å². The van der Waals surface area contributed by atoms with Crippen LogP contribution in [0.1, 0.15) is 24.0 Å². The fourth-order valence-corrected chi connectivity index (χ4v) is 2.89. The summed E-state index contributed by atoms with van der Waals surface area (Å²) in [5.41, 5.74) is 2.43. The van der Waals surface area contributed by atoms with E-state index in [1.54, 1.807) is 12.1 Å². The Balaban J connectivity index is 2.17. The number of halogens is 1. The van der Waals surface area contributed by atoms with Gasteiger partial charge in [-0.1, -0.05) is 6.07 Å². The van der Waals surface area contributed by atoms with Gasteiger partial charge in [-0.3, -0.25) is 0 Å². The molecule has 1 aliphatic heterocycles. The molecule has 1 heterocycles. The SMILES string of the molecule is CNCC1(Cc2ccc(F)cc2C)CCCOC1. The van der Waals surface area contributed by atoms with E-state index in [0.717, 1.165) is 38.2 Å². The lowest BCUT2D eigenvalue weighted by molar-refractivity contribution is -0.00631. The molecule has 0 saturated carbocycles. The van der Waals surface area contributed by atoms with Crippen molar-refractivity contribution in [3.05, 3.63) is 35.1 Å². The molecule has 100 valence electrons. The second-order valence-electron chi connectivity index (χ2n) is 5.43. The Kier molecular flexibility index (Phi) is 4.36. The summed E-state index contributed by atoms with van der Waals surface area (Å²) >= 11 is 0. The average molecular weight is 251 g/mol. The van der Waals surface area contributed by atoms with Crippen molar-refractivity contribution in [2.45, 2.75) is 26.2 Å². The molecule has 1 N–H and O–H groups in total. The van der Waals surface area contributed by atoms with Crippen LogP contribution in [0.4, 0.5) is 4.39 Å². The fourth-order valence-electron chi connectivity index (χ4n) is 2.89. The van der Waals surface area contributed by atoms with E-state index in [-0.39, 0.29) is 11.2 Å². The highest BCUT2D eigenvalue weighted by Gasteiger charge is 2.32. The summed E-state index contributed by atoms with van der Waals surface area (Å²) in [6.45, 7) is 4.59. The van der Waals surface area contributed by atoms with E-state index in [1.807, 2.05) is 20.0 Å². The molecule has 1 fully saturated rings. The first-order valence-corrected chi connectivity index (χ1v) is 6.63. The van der Waals surface area contributed by atoms with E-state index in [4.69, 9.17) is 4.74 Å². The Bertz CT molecular complexity index is 394. The number of nitrogens with one attached hydrogen (secondary N) is 1. The van der Waals surface area contributed by atoms with Gasteiger partial charge in [-0.2, -0.15) is 0 Å². The lowest BCUT2D eigenvalue weighted by Crippen LogP contribution is -2.41. The summed E-state index contributed by atoms with van der Waals surface area (Å²) in [5, 5.41) is 3.28. The molecule has 0 spiro atoms. The Morgan fingerprint density at radius 1 is 1.44 bits per heavy atom. The topological polar surface area (TPSA) is 21.3 Å². The van der Waals surface area contributed by atoms with Crippen LogP contribution in [0, 0.1) is 18.2 Å². The van der Waals surface area contributed by atoms with Crippen molar-refractivity contribution in [2.75, 3.05) is 26.8 Å². The number of aryl methyl sites for hydroxylation is 1. The van der Waals surface area contributed by atoms with Crippen LogP contribution < -0.4 is 5.32 Å². The van der Waals surface area contributed by atoms with Crippen molar-refractivity contribution in [2.24, 2.45) is 5.41 Å². The summed E-state index contributed by atoms with van der Waals surface area (Å²) in [6, 6.07) is 5.09. The molecule has 1 unspecified atom stereocenters. The number of hydrogen-bond acceptors (Lipinski definition) is 2. The molecule has 1 atom stereocenters. The number of benzene rings is 1. The van der Waals surface area contributed by atoms with E-state index in [0.29, 0.717) is 0 Å². The Morgan fingerprint density at radius 3 is 2.89 bits per heavy atom. The maximum Gasteiger partial charge on any atom is 0.123 e. The molecule has 0 aromatic heterocycles. The van der Waals surface area contributed by atoms with Crippen molar-refractivity contribution in [1.82, 2.24) is 5.32 Å². The second-order valence-corrected chi connectivity index (χ2v) is 5.43. The number of rotatable bonds is 4. The predicted molar refractivity (Wildman–Crippen MR) is 71.3 cm³/mol. The van der Waals surface area contributed by atoms with Crippen LogP contribution >= 0.6 is 0 Å². The Hall–Kier alpha value is -0.930. The van der Waals surface area contributed by atoms with Gasteiger partial charge >= 0.3 is 0 Å². The zero-order chi connectivity index (χ0) is 13.0. The molecule has 1 aliphatic rings. The van der Waals surface area contributed by atoms with Crippen LogP contribution in [-0.2, 0) is 11.2 Å². The average Bonchev–Trinajstić information content (AvgIpc) is 2.34. The predicted octanol–water partition coefficient (Wildman–Crippen LogP) is 2.69. The van der Waals surface area contributed by atoms with Crippen molar-refractivity contribution >= 4 is 0 Å². The quantitative estimate of drug-likeness (QED) is 0.888. The third-order valence-corrected chi connectivity index (χ3v) is 3.83. The van der Waals surface area contributed by atoms with Crippen LogP contribution in [0.5, 0.6) is 0 Å². The first-order chi connectivity index (χ1) is 8.65. The van der Waals surface area contributed by atoms with Gasteiger partial charge in [0.25, 0.3) is 0 Å². The highest BCUT2D eigenvalue weighted by molar-refractivity contribution is 5.28. The van der Waals surface area contributed by atoms with Crippen LogP contribution in [-0.4, -0.2) is 26.8 Å². The van der Waals surface area contributed by atoms with E-state index >= 15 is 0 Å². The molecule has 0 radical (unpaired) electrons. The summed E-state index contributed by atoms with van der Waals surface area (Å²) in [5.74, 6) is -0.154. The molecular formula is C15H22FNO. The number of hydrogen-bond donors (Lipinski definition) is 1. The Labute approximate surface area is 109 Å². The van der Waals surface area contributed by atoms with E-state index in [1.165, 1.54) is 12.0 Å². The van der Waals surface area contributed by atoms with Crippen LogP contribution in [0.15, 0.2) is 18.2 Å². The van der Waals surface area contributed by atoms with Gasteiger partial charge in [0.2, 0.25) is 0 Å². The summed E-state index contributed by atoms with van der Waals surface area (Å²) in [6.07, 6.45) is 3.24. The molecule has 2 rings (SSSR count). The summed E-state index contributed by atoms with van der Waals surface area (Å²) in [4.78, 5) is 0. The molecule has 0 aliphatic carbocycles. The summed E-state index contributed by atoms with van der Waals surface area (Å²) in [7, 11) is 1.98. The van der Waals surface area contributed by atoms with Crippen molar-refractivity contribution in [3.63, 3.8) is 0 Å². The lowest BCUT2D eigenvalue weighted by Gasteiger charge is -2.37. The van der Waals surface area contributed by atoms with Gasteiger partial charge in [0.1, 0.15) is 5.82 Å². The standard InChI is InChI=1S/C15H22FNO/c1-12-8-14(16)5-4-13(12)9-15(10-17-2)6-3-7-18-11-15/h4-5,8,17H,3,6-7,9-11H2,1-2H3. The maximum absolute atomic E-state index is 13.1. The minimum Gasteiger partial charge on any atom is -0.381 e. The molecule has 0 bridgehead atoms. The number of ether oxygens (including phenoxy) is 1. The maximum atomic E-state index is 13.1. The van der Waals surface area contributed by atoms with Crippen LogP contribution in [0.2, 0.25) is 0 Å². The minimum atomic E-state index is -0.154. The first kappa shape index (κ1) is 13.5. The van der Waals surface area contributed by atoms with Crippen molar-refractivity contribution < 1.29 is 9.13 Å². The molecule has 2 nitrogen and oxygen atoms in total.